The van der Waals surface area contributed by atoms with Gasteiger partial charge in [-0.3, -0.25) is 9.59 Å². The number of anilines is 1. The van der Waals surface area contributed by atoms with Crippen molar-refractivity contribution in [3.63, 3.8) is 0 Å². The first-order valence-corrected chi connectivity index (χ1v) is 6.61. The minimum absolute atomic E-state index is 0.0916. The minimum atomic E-state index is -0.766. The Balaban J connectivity index is 2.35. The van der Waals surface area contributed by atoms with Gasteiger partial charge in [-0.05, 0) is 24.6 Å². The van der Waals surface area contributed by atoms with E-state index < -0.39 is 17.8 Å². The van der Waals surface area contributed by atoms with Crippen molar-refractivity contribution in [2.45, 2.75) is 13.0 Å². The van der Waals surface area contributed by atoms with E-state index in [1.807, 2.05) is 0 Å². The fourth-order valence-corrected chi connectivity index (χ4v) is 2.34. The molecule has 2 amide bonds. The molecule has 6 nitrogen and oxygen atoms in total. The third kappa shape index (κ3) is 2.97. The number of rotatable bonds is 2. The van der Waals surface area contributed by atoms with Gasteiger partial charge in [0, 0.05) is 19.3 Å². The zero-order chi connectivity index (χ0) is 15.6. The van der Waals surface area contributed by atoms with E-state index in [2.05, 4.69) is 5.32 Å². The lowest BCUT2D eigenvalue weighted by atomic mass is 10.1. The Hall–Kier alpha value is -2.15. The van der Waals surface area contributed by atoms with E-state index in [4.69, 9.17) is 10.5 Å². The summed E-state index contributed by atoms with van der Waals surface area (Å²) in [6.45, 7) is 2.17. The topological polar surface area (TPSA) is 84.7 Å². The van der Waals surface area contributed by atoms with Gasteiger partial charge in [-0.15, -0.1) is 0 Å². The van der Waals surface area contributed by atoms with Crippen LogP contribution in [0.4, 0.5) is 10.1 Å². The molecule has 1 saturated heterocycles. The van der Waals surface area contributed by atoms with Gasteiger partial charge in [0.2, 0.25) is 5.91 Å². The van der Waals surface area contributed by atoms with Crippen molar-refractivity contribution in [3.05, 3.63) is 29.1 Å². The Morgan fingerprint density at radius 1 is 1.48 bits per heavy atom. The number of halogens is 1. The number of hydrogen-bond donors (Lipinski definition) is 2. The molecule has 0 aliphatic carbocycles. The van der Waals surface area contributed by atoms with Crippen molar-refractivity contribution in [3.8, 4) is 0 Å². The van der Waals surface area contributed by atoms with Crippen molar-refractivity contribution in [2.75, 3.05) is 32.5 Å². The SMILES string of the molecule is CNC(=O)C1COCCN1C(=O)c1cc(N)cc(C)c1F. The first-order valence-electron chi connectivity index (χ1n) is 6.61. The van der Waals surface area contributed by atoms with Crippen LogP contribution in [0.25, 0.3) is 0 Å². The Morgan fingerprint density at radius 3 is 2.86 bits per heavy atom. The highest BCUT2D eigenvalue weighted by Gasteiger charge is 2.34. The zero-order valence-electron chi connectivity index (χ0n) is 12.0. The highest BCUT2D eigenvalue weighted by atomic mass is 19.1. The molecule has 1 aliphatic heterocycles. The fraction of sp³-hybridized carbons (Fsp3) is 0.429. The largest absolute Gasteiger partial charge is 0.399 e. The van der Waals surface area contributed by atoms with Gasteiger partial charge in [0.15, 0.2) is 0 Å². The van der Waals surface area contributed by atoms with E-state index in [1.165, 1.54) is 31.0 Å². The molecule has 2 rings (SSSR count). The summed E-state index contributed by atoms with van der Waals surface area (Å²) in [6, 6.07) is 1.99. The summed E-state index contributed by atoms with van der Waals surface area (Å²) in [5.41, 5.74) is 6.15. The fourth-order valence-electron chi connectivity index (χ4n) is 2.34. The van der Waals surface area contributed by atoms with Gasteiger partial charge in [0.05, 0.1) is 18.8 Å². The van der Waals surface area contributed by atoms with Crippen LogP contribution in [0.1, 0.15) is 15.9 Å². The second-order valence-electron chi connectivity index (χ2n) is 4.90. The molecule has 114 valence electrons. The van der Waals surface area contributed by atoms with Crippen LogP contribution in [0, 0.1) is 12.7 Å². The molecular weight excluding hydrogens is 277 g/mol. The van der Waals surface area contributed by atoms with Crippen LogP contribution in [0.2, 0.25) is 0 Å². The number of hydrogen-bond acceptors (Lipinski definition) is 4. The van der Waals surface area contributed by atoms with Gasteiger partial charge >= 0.3 is 0 Å². The van der Waals surface area contributed by atoms with E-state index in [9.17, 15) is 14.0 Å². The molecule has 1 heterocycles. The summed E-state index contributed by atoms with van der Waals surface area (Å²) < 4.78 is 19.4. The van der Waals surface area contributed by atoms with E-state index in [1.54, 1.807) is 0 Å². The van der Waals surface area contributed by atoms with Crippen molar-refractivity contribution >= 4 is 17.5 Å². The molecule has 1 aromatic rings. The van der Waals surface area contributed by atoms with Gasteiger partial charge < -0.3 is 20.7 Å². The van der Waals surface area contributed by atoms with Crippen molar-refractivity contribution in [2.24, 2.45) is 0 Å². The van der Waals surface area contributed by atoms with Crippen LogP contribution in [0.5, 0.6) is 0 Å². The number of nitrogen functional groups attached to an aromatic ring is 1. The molecule has 1 aliphatic rings. The Morgan fingerprint density at radius 2 is 2.19 bits per heavy atom. The van der Waals surface area contributed by atoms with Gasteiger partial charge in [0.25, 0.3) is 5.91 Å². The lowest BCUT2D eigenvalue weighted by Gasteiger charge is -2.34. The quantitative estimate of drug-likeness (QED) is 0.769. The standard InChI is InChI=1S/C14H18FN3O3/c1-8-5-9(16)6-10(12(8)15)14(20)18-3-4-21-7-11(18)13(19)17-2/h5-6,11H,3-4,7,16H2,1-2H3,(H,17,19). The molecule has 1 fully saturated rings. The highest BCUT2D eigenvalue weighted by Crippen LogP contribution is 2.21. The number of nitrogens with zero attached hydrogens (tertiary/aromatic N) is 1. The van der Waals surface area contributed by atoms with Gasteiger partial charge in [0.1, 0.15) is 11.9 Å². The predicted octanol–water partition coefficient (Wildman–Crippen LogP) is 0.303. The molecule has 0 radical (unpaired) electrons. The van der Waals surface area contributed by atoms with Crippen LogP contribution in [-0.2, 0) is 9.53 Å². The van der Waals surface area contributed by atoms with Crippen LogP contribution in [0.15, 0.2) is 12.1 Å². The normalized spacial score (nSPS) is 18.4. The minimum Gasteiger partial charge on any atom is -0.399 e. The molecule has 0 bridgehead atoms. The smallest absolute Gasteiger partial charge is 0.257 e. The zero-order valence-corrected chi connectivity index (χ0v) is 12.0. The molecular formula is C14H18FN3O3. The highest BCUT2D eigenvalue weighted by molar-refractivity contribution is 5.98. The monoisotopic (exact) mass is 295 g/mol. The van der Waals surface area contributed by atoms with E-state index in [-0.39, 0.29) is 24.6 Å². The molecule has 1 unspecified atom stereocenters. The molecule has 0 saturated carbocycles. The number of likely N-dealkylation sites (N-methyl/N-ethyl adjacent to an activating group) is 1. The maximum atomic E-state index is 14.2. The lowest BCUT2D eigenvalue weighted by Crippen LogP contribution is -2.55. The molecule has 1 atom stereocenters. The molecule has 1 aromatic carbocycles. The second-order valence-corrected chi connectivity index (χ2v) is 4.90. The Labute approximate surface area is 122 Å². The second kappa shape index (κ2) is 6.09. The van der Waals surface area contributed by atoms with E-state index in [0.717, 1.165) is 0 Å². The van der Waals surface area contributed by atoms with Crippen LogP contribution < -0.4 is 11.1 Å². The Kier molecular flexibility index (Phi) is 4.42. The van der Waals surface area contributed by atoms with Crippen LogP contribution in [-0.4, -0.2) is 49.6 Å². The number of carbonyl (C=O) groups excluding carboxylic acids is 2. The summed E-state index contributed by atoms with van der Waals surface area (Å²) in [4.78, 5) is 25.7. The first kappa shape index (κ1) is 15.2. The van der Waals surface area contributed by atoms with Gasteiger partial charge in [-0.2, -0.15) is 0 Å². The Bertz CT molecular complexity index is 577. The number of carbonyl (C=O) groups is 2. The number of ether oxygens (including phenoxy) is 1. The maximum absolute atomic E-state index is 14.2. The number of nitrogens with two attached hydrogens (primary N) is 1. The summed E-state index contributed by atoms with van der Waals surface area (Å²) in [5.74, 6) is -1.51. The maximum Gasteiger partial charge on any atom is 0.257 e. The average molecular weight is 295 g/mol. The van der Waals surface area contributed by atoms with Gasteiger partial charge in [-0.25, -0.2) is 4.39 Å². The number of amides is 2. The van der Waals surface area contributed by atoms with E-state index >= 15 is 0 Å². The molecule has 3 N–H and O–H groups in total. The third-order valence-corrected chi connectivity index (χ3v) is 3.45. The van der Waals surface area contributed by atoms with Crippen molar-refractivity contribution in [1.29, 1.82) is 0 Å². The number of aryl methyl sites for hydroxylation is 1. The van der Waals surface area contributed by atoms with Crippen LogP contribution in [0.3, 0.4) is 0 Å². The average Bonchev–Trinajstić information content (AvgIpc) is 2.49. The van der Waals surface area contributed by atoms with Crippen LogP contribution >= 0.6 is 0 Å². The molecule has 0 spiro atoms. The number of morpholine rings is 1. The summed E-state index contributed by atoms with van der Waals surface area (Å²) >= 11 is 0. The summed E-state index contributed by atoms with van der Waals surface area (Å²) in [7, 11) is 1.48. The lowest BCUT2D eigenvalue weighted by molar-refractivity contribution is -0.130. The molecule has 7 heteroatoms. The number of benzene rings is 1. The summed E-state index contributed by atoms with van der Waals surface area (Å²) in [6.07, 6.45) is 0. The van der Waals surface area contributed by atoms with Gasteiger partial charge in [-0.1, -0.05) is 0 Å². The first-order chi connectivity index (χ1) is 9.95. The van der Waals surface area contributed by atoms with Crippen molar-refractivity contribution in [1.82, 2.24) is 10.2 Å². The third-order valence-electron chi connectivity index (χ3n) is 3.45. The van der Waals surface area contributed by atoms with E-state index in [0.29, 0.717) is 17.9 Å². The summed E-state index contributed by atoms with van der Waals surface area (Å²) in [5, 5.41) is 2.48. The number of nitrogens with one attached hydrogen (secondary N) is 1. The predicted molar refractivity (Wildman–Crippen MR) is 75.3 cm³/mol. The molecule has 0 aromatic heterocycles. The molecule has 21 heavy (non-hydrogen) atoms. The van der Waals surface area contributed by atoms with Crippen molar-refractivity contribution < 1.29 is 18.7 Å².